The molecule has 0 radical (unpaired) electrons. The van der Waals surface area contributed by atoms with Gasteiger partial charge < -0.3 is 4.90 Å². The summed E-state index contributed by atoms with van der Waals surface area (Å²) >= 11 is 6.02. The Morgan fingerprint density at radius 3 is 2.84 bits per heavy atom. The molecule has 1 aromatic heterocycles. The van der Waals surface area contributed by atoms with Crippen molar-refractivity contribution in [2.24, 2.45) is 0 Å². The summed E-state index contributed by atoms with van der Waals surface area (Å²) < 4.78 is 0. The topological polar surface area (TPSA) is 39.9 Å². The van der Waals surface area contributed by atoms with Crippen LogP contribution in [0.15, 0.2) is 36.5 Å². The molecule has 4 heteroatoms. The molecule has 1 aliphatic heterocycles. The molecule has 1 aromatic carbocycles. The van der Waals surface area contributed by atoms with Crippen LogP contribution in [-0.4, -0.2) is 11.5 Å². The van der Waals surface area contributed by atoms with E-state index in [1.807, 2.05) is 18.2 Å². The molecule has 0 saturated carbocycles. The van der Waals surface area contributed by atoms with Crippen LogP contribution in [-0.2, 0) is 13.0 Å². The van der Waals surface area contributed by atoms with Gasteiger partial charge in [0.2, 0.25) is 0 Å². The summed E-state index contributed by atoms with van der Waals surface area (Å²) in [6.07, 6.45) is 2.70. The number of hydrogen-bond donors (Lipinski definition) is 0. The van der Waals surface area contributed by atoms with Crippen molar-refractivity contribution in [3.63, 3.8) is 0 Å². The average Bonchev–Trinajstić information content (AvgIpc) is 2.83. The maximum atomic E-state index is 9.27. The van der Waals surface area contributed by atoms with E-state index in [2.05, 4.69) is 28.1 Å². The predicted octanol–water partition coefficient (Wildman–Crippen LogP) is 3.17. The Kier molecular flexibility index (Phi) is 3.10. The Balaban J connectivity index is 1.98. The van der Waals surface area contributed by atoms with Crippen molar-refractivity contribution in [1.82, 2.24) is 4.98 Å². The van der Waals surface area contributed by atoms with Gasteiger partial charge in [-0.05, 0) is 17.5 Å². The number of hydrogen-bond acceptors (Lipinski definition) is 3. The van der Waals surface area contributed by atoms with Crippen LogP contribution in [0.3, 0.4) is 0 Å². The molecule has 3 nitrogen and oxygen atoms in total. The molecule has 0 bridgehead atoms. The Labute approximate surface area is 117 Å². The lowest BCUT2D eigenvalue weighted by atomic mass is 10.1. The largest absolute Gasteiger partial charge is 0.365 e. The first kappa shape index (κ1) is 12.0. The van der Waals surface area contributed by atoms with E-state index in [4.69, 9.17) is 11.6 Å². The SMILES string of the molecule is N#Cc1c(Cl)ncc2c1N(Cc1ccccc1)CC2. The van der Waals surface area contributed by atoms with E-state index in [0.717, 1.165) is 30.8 Å². The summed E-state index contributed by atoms with van der Waals surface area (Å²) in [4.78, 5) is 6.28. The quantitative estimate of drug-likeness (QED) is 0.786. The Bertz CT molecular complexity index is 646. The van der Waals surface area contributed by atoms with Crippen LogP contribution in [0.5, 0.6) is 0 Å². The summed E-state index contributed by atoms with van der Waals surface area (Å²) in [7, 11) is 0. The fraction of sp³-hybridized carbons (Fsp3) is 0.200. The highest BCUT2D eigenvalue weighted by atomic mass is 35.5. The minimum atomic E-state index is 0.293. The van der Waals surface area contributed by atoms with E-state index in [9.17, 15) is 5.26 Å². The van der Waals surface area contributed by atoms with Gasteiger partial charge in [-0.25, -0.2) is 4.98 Å². The van der Waals surface area contributed by atoms with E-state index in [-0.39, 0.29) is 0 Å². The standard InChI is InChI=1S/C15H12ClN3/c16-15-13(8-17)14-12(9-18-15)6-7-19(14)10-11-4-2-1-3-5-11/h1-5,9H,6-7,10H2. The van der Waals surface area contributed by atoms with Crippen molar-refractivity contribution in [2.75, 3.05) is 11.4 Å². The van der Waals surface area contributed by atoms with Gasteiger partial charge in [0.15, 0.2) is 0 Å². The zero-order valence-electron chi connectivity index (χ0n) is 10.3. The minimum Gasteiger partial charge on any atom is -0.365 e. The second-order valence-corrected chi connectivity index (χ2v) is 4.92. The van der Waals surface area contributed by atoms with E-state index < -0.39 is 0 Å². The van der Waals surface area contributed by atoms with Crippen LogP contribution in [0, 0.1) is 11.3 Å². The van der Waals surface area contributed by atoms with Crippen molar-refractivity contribution >= 4 is 17.3 Å². The second kappa shape index (κ2) is 4.91. The third-order valence-electron chi connectivity index (χ3n) is 3.38. The molecule has 3 rings (SSSR count). The van der Waals surface area contributed by atoms with E-state index >= 15 is 0 Å². The number of fused-ring (bicyclic) bond motifs is 1. The van der Waals surface area contributed by atoms with Gasteiger partial charge in [-0.3, -0.25) is 0 Å². The summed E-state index contributed by atoms with van der Waals surface area (Å²) in [5.74, 6) is 0. The van der Waals surface area contributed by atoms with Crippen molar-refractivity contribution in [3.05, 3.63) is 58.4 Å². The lowest BCUT2D eigenvalue weighted by molar-refractivity contribution is 0.835. The van der Waals surface area contributed by atoms with E-state index in [1.165, 1.54) is 5.56 Å². The van der Waals surface area contributed by atoms with Crippen molar-refractivity contribution in [1.29, 1.82) is 5.26 Å². The number of aromatic nitrogens is 1. The van der Waals surface area contributed by atoms with Crippen molar-refractivity contribution < 1.29 is 0 Å². The fourth-order valence-electron chi connectivity index (χ4n) is 2.49. The van der Waals surface area contributed by atoms with Gasteiger partial charge in [0.1, 0.15) is 16.8 Å². The third kappa shape index (κ3) is 2.16. The smallest absolute Gasteiger partial charge is 0.148 e. The number of nitriles is 1. The van der Waals surface area contributed by atoms with Gasteiger partial charge in [0.25, 0.3) is 0 Å². The number of anilines is 1. The predicted molar refractivity (Wildman–Crippen MR) is 75.2 cm³/mol. The number of halogens is 1. The second-order valence-electron chi connectivity index (χ2n) is 4.57. The van der Waals surface area contributed by atoms with Gasteiger partial charge in [0.05, 0.1) is 5.69 Å². The van der Waals surface area contributed by atoms with Crippen molar-refractivity contribution in [3.8, 4) is 6.07 Å². The van der Waals surface area contributed by atoms with Crippen LogP contribution < -0.4 is 4.90 Å². The van der Waals surface area contributed by atoms with Gasteiger partial charge >= 0.3 is 0 Å². The Morgan fingerprint density at radius 1 is 1.32 bits per heavy atom. The number of benzene rings is 1. The van der Waals surface area contributed by atoms with Gasteiger partial charge in [-0.2, -0.15) is 5.26 Å². The molecule has 2 heterocycles. The van der Waals surface area contributed by atoms with Crippen molar-refractivity contribution in [2.45, 2.75) is 13.0 Å². The zero-order valence-corrected chi connectivity index (χ0v) is 11.1. The van der Waals surface area contributed by atoms with Gasteiger partial charge in [-0.15, -0.1) is 0 Å². The Morgan fingerprint density at radius 2 is 2.11 bits per heavy atom. The fourth-order valence-corrected chi connectivity index (χ4v) is 2.67. The highest BCUT2D eigenvalue weighted by Crippen LogP contribution is 2.35. The maximum Gasteiger partial charge on any atom is 0.148 e. The highest BCUT2D eigenvalue weighted by Gasteiger charge is 2.25. The molecule has 1 aliphatic rings. The summed E-state index contributed by atoms with van der Waals surface area (Å²) in [5.41, 5.74) is 3.78. The molecule has 19 heavy (non-hydrogen) atoms. The first-order chi connectivity index (χ1) is 9.29. The van der Waals surface area contributed by atoms with Crippen LogP contribution in [0.4, 0.5) is 5.69 Å². The first-order valence-electron chi connectivity index (χ1n) is 6.16. The maximum absolute atomic E-state index is 9.27. The highest BCUT2D eigenvalue weighted by molar-refractivity contribution is 6.31. The molecule has 0 fully saturated rings. The number of nitrogens with zero attached hydrogens (tertiary/aromatic N) is 3. The zero-order chi connectivity index (χ0) is 13.2. The van der Waals surface area contributed by atoms with E-state index in [0.29, 0.717) is 10.7 Å². The van der Waals surface area contributed by atoms with Crippen LogP contribution in [0.2, 0.25) is 5.15 Å². The average molecular weight is 270 g/mol. The van der Waals surface area contributed by atoms with E-state index in [1.54, 1.807) is 6.20 Å². The Hall–Kier alpha value is -2.05. The van der Waals surface area contributed by atoms with Crippen LogP contribution in [0.25, 0.3) is 0 Å². The number of pyridine rings is 1. The van der Waals surface area contributed by atoms with Gasteiger partial charge in [0, 0.05) is 19.3 Å². The lowest BCUT2D eigenvalue weighted by Crippen LogP contribution is -2.20. The molecule has 0 amide bonds. The third-order valence-corrected chi connectivity index (χ3v) is 3.66. The normalized spacial score (nSPS) is 13.2. The lowest BCUT2D eigenvalue weighted by Gasteiger charge is -2.20. The van der Waals surface area contributed by atoms with Gasteiger partial charge in [-0.1, -0.05) is 41.9 Å². The summed E-state index contributed by atoms with van der Waals surface area (Å²) in [5, 5.41) is 9.56. The summed E-state index contributed by atoms with van der Waals surface area (Å²) in [6, 6.07) is 12.4. The van der Waals surface area contributed by atoms with Crippen LogP contribution in [0.1, 0.15) is 16.7 Å². The molecule has 94 valence electrons. The monoisotopic (exact) mass is 269 g/mol. The minimum absolute atomic E-state index is 0.293. The molecular weight excluding hydrogens is 258 g/mol. The molecule has 0 atom stereocenters. The summed E-state index contributed by atoms with van der Waals surface area (Å²) in [6.45, 7) is 1.70. The molecular formula is C15H12ClN3. The molecule has 0 N–H and O–H groups in total. The molecule has 0 unspecified atom stereocenters. The molecule has 0 aliphatic carbocycles. The first-order valence-corrected chi connectivity index (χ1v) is 6.53. The number of rotatable bonds is 2. The molecule has 0 saturated heterocycles. The van der Waals surface area contributed by atoms with Crippen LogP contribution >= 0.6 is 11.6 Å². The molecule has 2 aromatic rings. The molecule has 0 spiro atoms.